The van der Waals surface area contributed by atoms with Crippen molar-refractivity contribution in [1.82, 2.24) is 0 Å². The first-order valence-electron chi connectivity index (χ1n) is 8.82. The lowest BCUT2D eigenvalue weighted by Gasteiger charge is -2.15. The standard InChI is InChI=1S/C20H22N2O5/c1-3-25-20(24)15-6-4-5-7-16(15)21-19(23)12-22(2)11-14-8-9-17-18(10-14)27-13-26-17/h4-10H,3,11-13H2,1-2H3,(H,21,23)/p+1. The van der Waals surface area contributed by atoms with Crippen LogP contribution in [0.4, 0.5) is 5.69 Å². The summed E-state index contributed by atoms with van der Waals surface area (Å²) in [6, 6.07) is 12.6. The van der Waals surface area contributed by atoms with Gasteiger partial charge in [0.05, 0.1) is 24.9 Å². The number of rotatable bonds is 7. The second kappa shape index (κ2) is 8.55. The van der Waals surface area contributed by atoms with Crippen molar-refractivity contribution in [2.45, 2.75) is 13.5 Å². The number of quaternary nitrogens is 1. The molecule has 1 unspecified atom stereocenters. The highest BCUT2D eigenvalue weighted by atomic mass is 16.7. The molecule has 3 rings (SSSR count). The molecule has 1 aliphatic rings. The highest BCUT2D eigenvalue weighted by molar-refractivity contribution is 6.01. The van der Waals surface area contributed by atoms with E-state index in [0.717, 1.165) is 22.0 Å². The number of fused-ring (bicyclic) bond motifs is 1. The van der Waals surface area contributed by atoms with Crippen molar-refractivity contribution in [3.8, 4) is 11.5 Å². The summed E-state index contributed by atoms with van der Waals surface area (Å²) >= 11 is 0. The molecule has 1 aliphatic heterocycles. The summed E-state index contributed by atoms with van der Waals surface area (Å²) in [5, 5.41) is 2.80. The smallest absolute Gasteiger partial charge is 0.340 e. The van der Waals surface area contributed by atoms with Crippen molar-refractivity contribution in [3.63, 3.8) is 0 Å². The number of benzene rings is 2. The van der Waals surface area contributed by atoms with Crippen molar-refractivity contribution in [2.24, 2.45) is 0 Å². The molecule has 0 radical (unpaired) electrons. The third-order valence-electron chi connectivity index (χ3n) is 4.10. The summed E-state index contributed by atoms with van der Waals surface area (Å²) in [5.74, 6) is 0.845. The SMILES string of the molecule is CCOC(=O)c1ccccc1NC(=O)C[NH+](C)Cc1ccc2c(c1)OCO2. The minimum Gasteiger partial charge on any atom is -0.462 e. The van der Waals surface area contributed by atoms with Crippen molar-refractivity contribution < 1.29 is 28.7 Å². The number of amides is 1. The summed E-state index contributed by atoms with van der Waals surface area (Å²) < 4.78 is 15.7. The number of anilines is 1. The van der Waals surface area contributed by atoms with Crippen molar-refractivity contribution in [2.75, 3.05) is 32.3 Å². The van der Waals surface area contributed by atoms with Crippen LogP contribution in [0, 0.1) is 0 Å². The van der Waals surface area contributed by atoms with Gasteiger partial charge in [0.1, 0.15) is 6.54 Å². The van der Waals surface area contributed by atoms with Crippen LogP contribution in [0.25, 0.3) is 0 Å². The first kappa shape index (κ1) is 18.7. The number of carbonyl (C=O) groups is 2. The van der Waals surface area contributed by atoms with Gasteiger partial charge in [-0.15, -0.1) is 0 Å². The number of carbonyl (C=O) groups excluding carboxylic acids is 2. The largest absolute Gasteiger partial charge is 0.462 e. The van der Waals surface area contributed by atoms with Crippen molar-refractivity contribution >= 4 is 17.6 Å². The lowest BCUT2D eigenvalue weighted by molar-refractivity contribution is -0.885. The average Bonchev–Trinajstić information content (AvgIpc) is 3.10. The van der Waals surface area contributed by atoms with E-state index in [0.29, 0.717) is 17.8 Å². The number of ether oxygens (including phenoxy) is 3. The zero-order valence-corrected chi connectivity index (χ0v) is 15.4. The molecule has 2 N–H and O–H groups in total. The topological polar surface area (TPSA) is 78.3 Å². The molecule has 2 aromatic carbocycles. The molecule has 0 spiro atoms. The van der Waals surface area contributed by atoms with Crippen LogP contribution in [0.15, 0.2) is 42.5 Å². The van der Waals surface area contributed by atoms with Crippen LogP contribution in [0.1, 0.15) is 22.8 Å². The number of esters is 1. The Labute approximate surface area is 157 Å². The van der Waals surface area contributed by atoms with Crippen LogP contribution in [-0.4, -0.2) is 38.9 Å². The Kier molecular flexibility index (Phi) is 5.93. The van der Waals surface area contributed by atoms with E-state index >= 15 is 0 Å². The predicted molar refractivity (Wildman–Crippen MR) is 99.1 cm³/mol. The molecular formula is C20H23N2O5+. The molecule has 0 aliphatic carbocycles. The van der Waals surface area contributed by atoms with Gasteiger partial charge in [0.2, 0.25) is 6.79 Å². The van der Waals surface area contributed by atoms with Gasteiger partial charge >= 0.3 is 5.97 Å². The number of likely N-dealkylation sites (N-methyl/N-ethyl adjacent to an activating group) is 1. The fourth-order valence-electron chi connectivity index (χ4n) is 2.91. The molecule has 7 nitrogen and oxygen atoms in total. The first-order valence-corrected chi connectivity index (χ1v) is 8.82. The molecule has 0 saturated carbocycles. The van der Waals surface area contributed by atoms with Gasteiger partial charge in [-0.05, 0) is 37.3 Å². The van der Waals surface area contributed by atoms with Crippen LogP contribution >= 0.6 is 0 Å². The van der Waals surface area contributed by atoms with Gasteiger partial charge in [-0.25, -0.2) is 4.79 Å². The Morgan fingerprint density at radius 3 is 2.74 bits per heavy atom. The van der Waals surface area contributed by atoms with Crippen molar-refractivity contribution in [3.05, 3.63) is 53.6 Å². The summed E-state index contributed by atoms with van der Waals surface area (Å²) in [6.45, 7) is 3.18. The molecule has 1 heterocycles. The van der Waals surface area contributed by atoms with Gasteiger partial charge in [-0.3, -0.25) is 4.79 Å². The minimum absolute atomic E-state index is 0.176. The molecule has 7 heteroatoms. The average molecular weight is 371 g/mol. The number of nitrogens with one attached hydrogen (secondary N) is 2. The van der Waals surface area contributed by atoms with E-state index in [9.17, 15) is 9.59 Å². The quantitative estimate of drug-likeness (QED) is 0.716. The third kappa shape index (κ3) is 4.77. The molecular weight excluding hydrogens is 348 g/mol. The molecule has 0 aromatic heterocycles. The molecule has 142 valence electrons. The molecule has 1 amide bonds. The molecule has 1 atom stereocenters. The van der Waals surface area contributed by atoms with E-state index in [1.807, 2.05) is 25.2 Å². The minimum atomic E-state index is -0.450. The Bertz CT molecular complexity index is 837. The lowest BCUT2D eigenvalue weighted by atomic mass is 10.1. The maximum Gasteiger partial charge on any atom is 0.340 e. The molecule has 0 saturated heterocycles. The highest BCUT2D eigenvalue weighted by Gasteiger charge is 2.18. The van der Waals surface area contributed by atoms with Crippen LogP contribution in [0.2, 0.25) is 0 Å². The van der Waals surface area contributed by atoms with Gasteiger partial charge < -0.3 is 24.4 Å². The first-order chi connectivity index (χ1) is 13.1. The Hall–Kier alpha value is -3.06. The molecule has 0 fully saturated rings. The van der Waals surface area contributed by atoms with E-state index in [-0.39, 0.29) is 25.9 Å². The Morgan fingerprint density at radius 2 is 1.93 bits per heavy atom. The monoisotopic (exact) mass is 371 g/mol. The number of hydrogen-bond acceptors (Lipinski definition) is 5. The van der Waals surface area contributed by atoms with Gasteiger partial charge in [-0.1, -0.05) is 12.1 Å². The van der Waals surface area contributed by atoms with Gasteiger partial charge in [0.25, 0.3) is 5.91 Å². The van der Waals surface area contributed by atoms with Crippen LogP contribution < -0.4 is 19.7 Å². The predicted octanol–water partition coefficient (Wildman–Crippen LogP) is 1.25. The number of hydrogen-bond donors (Lipinski definition) is 2. The van der Waals surface area contributed by atoms with Crippen LogP contribution in [0.5, 0.6) is 11.5 Å². The van der Waals surface area contributed by atoms with Crippen LogP contribution in [0.3, 0.4) is 0 Å². The van der Waals surface area contributed by atoms with E-state index in [1.54, 1.807) is 31.2 Å². The second-order valence-corrected chi connectivity index (χ2v) is 6.31. The van der Waals surface area contributed by atoms with Gasteiger partial charge in [0, 0.05) is 5.56 Å². The highest BCUT2D eigenvalue weighted by Crippen LogP contribution is 2.32. The summed E-state index contributed by atoms with van der Waals surface area (Å²) in [5.41, 5.74) is 1.86. The maximum absolute atomic E-state index is 12.4. The molecule has 2 aromatic rings. The number of para-hydroxylation sites is 1. The summed E-state index contributed by atoms with van der Waals surface area (Å²) in [6.07, 6.45) is 0. The van der Waals surface area contributed by atoms with Gasteiger partial charge in [0.15, 0.2) is 18.0 Å². The third-order valence-corrected chi connectivity index (χ3v) is 4.10. The second-order valence-electron chi connectivity index (χ2n) is 6.31. The fourth-order valence-corrected chi connectivity index (χ4v) is 2.91. The summed E-state index contributed by atoms with van der Waals surface area (Å²) in [7, 11) is 1.93. The van der Waals surface area contributed by atoms with E-state index in [2.05, 4.69) is 5.32 Å². The summed E-state index contributed by atoms with van der Waals surface area (Å²) in [4.78, 5) is 25.4. The maximum atomic E-state index is 12.4. The van der Waals surface area contributed by atoms with E-state index in [1.165, 1.54) is 0 Å². The van der Waals surface area contributed by atoms with Gasteiger partial charge in [-0.2, -0.15) is 0 Å². The Morgan fingerprint density at radius 1 is 1.15 bits per heavy atom. The zero-order chi connectivity index (χ0) is 19.2. The zero-order valence-electron chi connectivity index (χ0n) is 15.4. The van der Waals surface area contributed by atoms with Crippen LogP contribution in [-0.2, 0) is 16.1 Å². The fraction of sp³-hybridized carbons (Fsp3) is 0.300. The molecule has 0 bridgehead atoms. The van der Waals surface area contributed by atoms with E-state index < -0.39 is 5.97 Å². The normalized spacial score (nSPS) is 13.1. The van der Waals surface area contributed by atoms with Crippen molar-refractivity contribution in [1.29, 1.82) is 0 Å². The Balaban J connectivity index is 1.58. The molecule has 27 heavy (non-hydrogen) atoms. The van der Waals surface area contributed by atoms with E-state index in [4.69, 9.17) is 14.2 Å². The lowest BCUT2D eigenvalue weighted by Crippen LogP contribution is -3.08.